The quantitative estimate of drug-likeness (QED) is 0.420. The zero-order valence-electron chi connectivity index (χ0n) is 19.9. The number of hydrogen-bond acceptors (Lipinski definition) is 3. The van der Waals surface area contributed by atoms with Crippen LogP contribution in [0.3, 0.4) is 0 Å². The standard InChI is InChI=1S/C28H31N5O/c1-19-12-15-31(27(34)11-6-14-32-20(2)30-24-8-3-4-10-25(24)32)18-26(19)33-16-13-21-17-29-23-9-5-7-22(23)28(21)33/h3-5,7-8,10,13,16-17,19,26H,6,9,11-12,14-15,18H2,1-2H3/t19-,26+/m1/s1. The predicted molar refractivity (Wildman–Crippen MR) is 136 cm³/mol. The highest BCUT2D eigenvalue weighted by atomic mass is 16.2. The highest BCUT2D eigenvalue weighted by Crippen LogP contribution is 2.35. The minimum Gasteiger partial charge on any atom is -0.342 e. The molecule has 3 aromatic heterocycles. The van der Waals surface area contributed by atoms with Gasteiger partial charge in [0.2, 0.25) is 5.91 Å². The Kier molecular flexibility index (Phi) is 5.24. The maximum absolute atomic E-state index is 13.2. The van der Waals surface area contributed by atoms with Gasteiger partial charge in [0.1, 0.15) is 5.82 Å². The lowest BCUT2D eigenvalue weighted by atomic mass is 9.92. The molecule has 0 spiro atoms. The van der Waals surface area contributed by atoms with Crippen LogP contribution in [0.1, 0.15) is 49.3 Å². The van der Waals surface area contributed by atoms with Crippen molar-refractivity contribution in [1.29, 1.82) is 0 Å². The first-order chi connectivity index (χ1) is 16.6. The molecule has 1 amide bonds. The van der Waals surface area contributed by atoms with Crippen molar-refractivity contribution >= 4 is 33.9 Å². The van der Waals surface area contributed by atoms with Gasteiger partial charge in [0, 0.05) is 55.8 Å². The van der Waals surface area contributed by atoms with Gasteiger partial charge in [0.05, 0.1) is 28.3 Å². The van der Waals surface area contributed by atoms with E-state index < -0.39 is 0 Å². The molecule has 174 valence electrons. The first-order valence-electron chi connectivity index (χ1n) is 12.4. The Balaban J connectivity index is 1.17. The van der Waals surface area contributed by atoms with Gasteiger partial charge in [-0.15, -0.1) is 0 Å². The van der Waals surface area contributed by atoms with E-state index in [1.807, 2.05) is 31.3 Å². The number of amides is 1. The van der Waals surface area contributed by atoms with Crippen LogP contribution in [0, 0.1) is 12.8 Å². The topological polar surface area (TPSA) is 56.0 Å². The number of aromatic nitrogens is 4. The second-order valence-electron chi connectivity index (χ2n) is 9.83. The highest BCUT2D eigenvalue weighted by Gasteiger charge is 2.31. The average molecular weight is 454 g/mol. The fourth-order valence-corrected chi connectivity index (χ4v) is 5.78. The van der Waals surface area contributed by atoms with Gasteiger partial charge in [-0.3, -0.25) is 9.78 Å². The summed E-state index contributed by atoms with van der Waals surface area (Å²) < 4.78 is 4.65. The molecule has 1 aromatic carbocycles. The number of fused-ring (bicyclic) bond motifs is 4. The Morgan fingerprint density at radius 3 is 3.00 bits per heavy atom. The van der Waals surface area contributed by atoms with Crippen LogP contribution in [-0.2, 0) is 17.8 Å². The lowest BCUT2D eigenvalue weighted by Crippen LogP contribution is -2.43. The van der Waals surface area contributed by atoms with E-state index in [0.29, 0.717) is 12.3 Å². The van der Waals surface area contributed by atoms with E-state index in [9.17, 15) is 4.79 Å². The summed E-state index contributed by atoms with van der Waals surface area (Å²) in [5.74, 6) is 1.80. The summed E-state index contributed by atoms with van der Waals surface area (Å²) >= 11 is 0. The second kappa shape index (κ2) is 8.42. The molecule has 6 rings (SSSR count). The van der Waals surface area contributed by atoms with Crippen molar-refractivity contribution in [2.75, 3.05) is 13.1 Å². The minimum absolute atomic E-state index is 0.266. The summed E-state index contributed by atoms with van der Waals surface area (Å²) in [6.45, 7) is 6.81. The van der Waals surface area contributed by atoms with Gasteiger partial charge in [-0.2, -0.15) is 0 Å². The molecular weight excluding hydrogens is 422 g/mol. The maximum Gasteiger partial charge on any atom is 0.222 e. The Labute approximate surface area is 199 Å². The Hall–Kier alpha value is -3.41. The number of hydrogen-bond donors (Lipinski definition) is 0. The van der Waals surface area contributed by atoms with Crippen molar-refractivity contribution in [3.05, 3.63) is 65.9 Å². The van der Waals surface area contributed by atoms with Crippen molar-refractivity contribution in [2.24, 2.45) is 5.92 Å². The molecule has 0 unspecified atom stereocenters. The van der Waals surface area contributed by atoms with Crippen molar-refractivity contribution < 1.29 is 4.79 Å². The molecular formula is C28H31N5O. The second-order valence-corrected chi connectivity index (χ2v) is 9.83. The lowest BCUT2D eigenvalue weighted by Gasteiger charge is -2.38. The molecule has 6 heteroatoms. The van der Waals surface area contributed by atoms with E-state index >= 15 is 0 Å². The molecule has 34 heavy (non-hydrogen) atoms. The highest BCUT2D eigenvalue weighted by molar-refractivity contribution is 5.90. The van der Waals surface area contributed by atoms with Crippen LogP contribution < -0.4 is 0 Å². The molecule has 0 saturated carbocycles. The van der Waals surface area contributed by atoms with Crippen LogP contribution >= 0.6 is 0 Å². The number of rotatable bonds is 5. The number of nitrogens with zero attached hydrogens (tertiary/aromatic N) is 5. The summed E-state index contributed by atoms with van der Waals surface area (Å²) in [5, 5.41) is 1.18. The van der Waals surface area contributed by atoms with Crippen LogP contribution in [-0.4, -0.2) is 43.0 Å². The number of para-hydroxylation sites is 2. The van der Waals surface area contributed by atoms with Crippen molar-refractivity contribution in [2.45, 2.75) is 52.1 Å². The number of pyridine rings is 1. The Morgan fingerprint density at radius 2 is 2.09 bits per heavy atom. The Morgan fingerprint density at radius 1 is 1.21 bits per heavy atom. The molecule has 0 radical (unpaired) electrons. The predicted octanol–water partition coefficient (Wildman–Crippen LogP) is 5.15. The number of piperidine rings is 1. The van der Waals surface area contributed by atoms with E-state index in [0.717, 1.165) is 61.4 Å². The minimum atomic E-state index is 0.266. The van der Waals surface area contributed by atoms with Gasteiger partial charge < -0.3 is 14.0 Å². The van der Waals surface area contributed by atoms with E-state index in [1.165, 1.54) is 16.5 Å². The largest absolute Gasteiger partial charge is 0.342 e. The van der Waals surface area contributed by atoms with Crippen LogP contribution in [0.15, 0.2) is 48.8 Å². The molecule has 2 aliphatic rings. The maximum atomic E-state index is 13.2. The summed E-state index contributed by atoms with van der Waals surface area (Å²) in [5.41, 5.74) is 5.85. The van der Waals surface area contributed by atoms with Gasteiger partial charge in [-0.1, -0.05) is 31.2 Å². The first-order valence-corrected chi connectivity index (χ1v) is 12.4. The summed E-state index contributed by atoms with van der Waals surface area (Å²) in [7, 11) is 0. The van der Waals surface area contributed by atoms with Crippen molar-refractivity contribution in [3.63, 3.8) is 0 Å². The summed E-state index contributed by atoms with van der Waals surface area (Å²) in [4.78, 5) is 24.6. The average Bonchev–Trinajstić information content (AvgIpc) is 3.56. The number of carbonyl (C=O) groups is 1. The molecule has 0 bridgehead atoms. The van der Waals surface area contributed by atoms with Gasteiger partial charge in [-0.05, 0) is 43.9 Å². The first kappa shape index (κ1) is 21.1. The van der Waals surface area contributed by atoms with E-state index in [2.05, 4.69) is 61.4 Å². The molecule has 1 saturated heterocycles. The molecule has 0 N–H and O–H groups in total. The summed E-state index contributed by atoms with van der Waals surface area (Å²) in [6, 6.07) is 10.7. The lowest BCUT2D eigenvalue weighted by molar-refractivity contribution is -0.133. The van der Waals surface area contributed by atoms with Gasteiger partial charge in [0.25, 0.3) is 0 Å². The number of benzene rings is 1. The van der Waals surface area contributed by atoms with E-state index in [4.69, 9.17) is 0 Å². The molecule has 4 aromatic rings. The molecule has 4 heterocycles. The summed E-state index contributed by atoms with van der Waals surface area (Å²) in [6.07, 6.45) is 11.9. The third-order valence-electron chi connectivity index (χ3n) is 7.71. The van der Waals surface area contributed by atoms with E-state index in [1.54, 1.807) is 0 Å². The van der Waals surface area contributed by atoms with Crippen molar-refractivity contribution in [1.82, 2.24) is 24.0 Å². The number of allylic oxidation sites excluding steroid dienone is 1. The number of carbonyl (C=O) groups excluding carboxylic acids is 1. The van der Waals surface area contributed by atoms with E-state index in [-0.39, 0.29) is 11.9 Å². The van der Waals surface area contributed by atoms with Gasteiger partial charge in [-0.25, -0.2) is 4.98 Å². The van der Waals surface area contributed by atoms with Crippen LogP contribution in [0.2, 0.25) is 0 Å². The molecule has 1 aliphatic heterocycles. The molecule has 1 aliphatic carbocycles. The zero-order valence-corrected chi connectivity index (χ0v) is 19.9. The van der Waals surface area contributed by atoms with Crippen LogP contribution in [0.4, 0.5) is 0 Å². The number of aryl methyl sites for hydroxylation is 2. The molecule has 1 fully saturated rings. The van der Waals surface area contributed by atoms with Gasteiger partial charge >= 0.3 is 0 Å². The van der Waals surface area contributed by atoms with Gasteiger partial charge in [0.15, 0.2) is 0 Å². The zero-order chi connectivity index (χ0) is 23.2. The van der Waals surface area contributed by atoms with Crippen LogP contribution in [0.5, 0.6) is 0 Å². The third kappa shape index (κ3) is 3.52. The smallest absolute Gasteiger partial charge is 0.222 e. The Bertz CT molecular complexity index is 1410. The molecule has 2 atom stereocenters. The fraction of sp³-hybridized carbons (Fsp3) is 0.393. The fourth-order valence-electron chi connectivity index (χ4n) is 5.78. The SMILES string of the molecule is Cc1nc2ccccc2n1CCCC(=O)N1CC[C@@H](C)[C@@H](n2ccc3cnc4c(c32)C=CC4)C1. The van der Waals surface area contributed by atoms with Crippen molar-refractivity contribution in [3.8, 4) is 0 Å². The third-order valence-corrected chi connectivity index (χ3v) is 7.71. The monoisotopic (exact) mass is 453 g/mol. The number of imidazole rings is 1. The number of likely N-dealkylation sites (tertiary alicyclic amines) is 1. The normalized spacial score (nSPS) is 19.9. The molecule has 6 nitrogen and oxygen atoms in total. The van der Waals surface area contributed by atoms with Crippen LogP contribution in [0.25, 0.3) is 28.0 Å².